The Labute approximate surface area is 106 Å². The van der Waals surface area contributed by atoms with Crippen LogP contribution >= 0.6 is 0 Å². The van der Waals surface area contributed by atoms with Gasteiger partial charge in [0.1, 0.15) is 6.04 Å². The van der Waals surface area contributed by atoms with Gasteiger partial charge >= 0.3 is 18.0 Å². The number of alkyl halides is 5. The molecule has 2 amide bonds. The van der Waals surface area contributed by atoms with Gasteiger partial charge in [0, 0.05) is 6.54 Å². The molecule has 0 spiro atoms. The molecule has 1 atom stereocenters. The molecule has 19 heavy (non-hydrogen) atoms. The molecule has 0 bridgehead atoms. The molecule has 0 heterocycles. The van der Waals surface area contributed by atoms with Gasteiger partial charge in [0.25, 0.3) is 0 Å². The first-order valence-corrected chi connectivity index (χ1v) is 5.42. The van der Waals surface area contributed by atoms with Crippen molar-refractivity contribution in [3.8, 4) is 0 Å². The summed E-state index contributed by atoms with van der Waals surface area (Å²) < 4.78 is 60.8. The lowest BCUT2D eigenvalue weighted by Gasteiger charge is -2.21. The van der Waals surface area contributed by atoms with E-state index in [0.29, 0.717) is 0 Å². The average Bonchev–Trinajstić information content (AvgIpc) is 2.23. The zero-order valence-electron chi connectivity index (χ0n) is 10.6. The summed E-state index contributed by atoms with van der Waals surface area (Å²) in [6.45, 7) is 4.76. The van der Waals surface area contributed by atoms with Crippen molar-refractivity contribution in [3.63, 3.8) is 0 Å². The van der Waals surface area contributed by atoms with Crippen LogP contribution in [-0.2, 0) is 9.59 Å². The third kappa shape index (κ3) is 4.99. The summed E-state index contributed by atoms with van der Waals surface area (Å²) in [5.74, 6) is -8.84. The molecule has 0 aliphatic rings. The number of carbonyl (C=O) groups excluding carboxylic acids is 2. The van der Waals surface area contributed by atoms with Crippen molar-refractivity contribution in [2.45, 2.75) is 38.9 Å². The van der Waals surface area contributed by atoms with E-state index in [1.807, 2.05) is 0 Å². The molecule has 0 aliphatic heterocycles. The van der Waals surface area contributed by atoms with E-state index in [1.165, 1.54) is 5.32 Å². The quantitative estimate of drug-likeness (QED) is 0.753. The van der Waals surface area contributed by atoms with Crippen molar-refractivity contribution in [2.75, 3.05) is 6.54 Å². The maximum Gasteiger partial charge on any atom is 0.463 e. The summed E-state index contributed by atoms with van der Waals surface area (Å²) in [6, 6.07) is -1.49. The van der Waals surface area contributed by atoms with E-state index in [0.717, 1.165) is 6.92 Å². The molecule has 1 unspecified atom stereocenters. The highest BCUT2D eigenvalue weighted by Crippen LogP contribution is 2.35. The molecular weight excluding hydrogens is 275 g/mol. The van der Waals surface area contributed by atoms with E-state index in [2.05, 4.69) is 5.32 Å². The predicted octanol–water partition coefficient (Wildman–Crippen LogP) is 1.46. The van der Waals surface area contributed by atoms with E-state index >= 15 is 0 Å². The van der Waals surface area contributed by atoms with E-state index in [1.54, 1.807) is 13.8 Å². The Hall–Kier alpha value is -1.41. The molecule has 4 nitrogen and oxygen atoms in total. The number of carbonyl (C=O) groups is 2. The Balaban J connectivity index is 4.53. The van der Waals surface area contributed by atoms with Gasteiger partial charge < -0.3 is 10.6 Å². The van der Waals surface area contributed by atoms with E-state index in [9.17, 15) is 31.5 Å². The fraction of sp³-hybridized carbons (Fsp3) is 0.800. The molecule has 0 saturated carbocycles. The van der Waals surface area contributed by atoms with E-state index in [-0.39, 0.29) is 12.5 Å². The van der Waals surface area contributed by atoms with Crippen LogP contribution in [0.15, 0.2) is 0 Å². The maximum absolute atomic E-state index is 12.6. The van der Waals surface area contributed by atoms with Crippen LogP contribution in [0, 0.1) is 5.92 Å². The van der Waals surface area contributed by atoms with Crippen LogP contribution in [0.4, 0.5) is 22.0 Å². The Bertz CT molecular complexity index is 341. The molecule has 0 radical (unpaired) electrons. The number of hydrogen-bond donors (Lipinski definition) is 2. The van der Waals surface area contributed by atoms with E-state index in [4.69, 9.17) is 0 Å². The normalized spacial score (nSPS) is 14.2. The van der Waals surface area contributed by atoms with Crippen molar-refractivity contribution >= 4 is 11.8 Å². The smallest absolute Gasteiger partial charge is 0.354 e. The van der Waals surface area contributed by atoms with Gasteiger partial charge in [0.2, 0.25) is 5.91 Å². The van der Waals surface area contributed by atoms with Crippen LogP contribution in [-0.4, -0.2) is 36.5 Å². The third-order valence-corrected chi connectivity index (χ3v) is 2.07. The SMILES string of the molecule is CC(C)CNC(=O)C(C)NC(=O)C(F)(F)C(F)(F)F. The lowest BCUT2D eigenvalue weighted by Crippen LogP contribution is -2.55. The first-order valence-electron chi connectivity index (χ1n) is 5.42. The minimum Gasteiger partial charge on any atom is -0.354 e. The van der Waals surface area contributed by atoms with Crippen LogP contribution in [0.25, 0.3) is 0 Å². The van der Waals surface area contributed by atoms with Crippen molar-refractivity contribution in [1.29, 1.82) is 0 Å². The van der Waals surface area contributed by atoms with Crippen LogP contribution in [0.5, 0.6) is 0 Å². The third-order valence-electron chi connectivity index (χ3n) is 2.07. The second-order valence-electron chi connectivity index (χ2n) is 4.41. The summed E-state index contributed by atoms with van der Waals surface area (Å²) in [7, 11) is 0. The minimum atomic E-state index is -5.99. The fourth-order valence-corrected chi connectivity index (χ4v) is 0.939. The molecule has 0 aromatic carbocycles. The monoisotopic (exact) mass is 290 g/mol. The van der Waals surface area contributed by atoms with E-state index < -0.39 is 30.0 Å². The van der Waals surface area contributed by atoms with Crippen molar-refractivity contribution < 1.29 is 31.5 Å². The summed E-state index contributed by atoms with van der Waals surface area (Å²) in [5.41, 5.74) is 0. The molecule has 2 N–H and O–H groups in total. The predicted molar refractivity (Wildman–Crippen MR) is 56.5 cm³/mol. The molecule has 112 valence electrons. The van der Waals surface area contributed by atoms with Gasteiger partial charge in [-0.15, -0.1) is 0 Å². The van der Waals surface area contributed by atoms with Crippen LogP contribution in [0.1, 0.15) is 20.8 Å². The Kier molecular flexibility index (Phi) is 5.70. The summed E-state index contributed by atoms with van der Waals surface area (Å²) in [6.07, 6.45) is -5.99. The lowest BCUT2D eigenvalue weighted by atomic mass is 10.2. The number of amides is 2. The number of rotatable bonds is 5. The maximum atomic E-state index is 12.6. The molecule has 0 fully saturated rings. The highest BCUT2D eigenvalue weighted by atomic mass is 19.4. The summed E-state index contributed by atoms with van der Waals surface area (Å²) in [5, 5.41) is 3.63. The largest absolute Gasteiger partial charge is 0.463 e. The van der Waals surface area contributed by atoms with Crippen LogP contribution < -0.4 is 10.6 Å². The van der Waals surface area contributed by atoms with Gasteiger partial charge in [-0.25, -0.2) is 0 Å². The van der Waals surface area contributed by atoms with Gasteiger partial charge in [-0.2, -0.15) is 22.0 Å². The number of nitrogens with one attached hydrogen (secondary N) is 2. The lowest BCUT2D eigenvalue weighted by molar-refractivity contribution is -0.270. The fourth-order valence-electron chi connectivity index (χ4n) is 0.939. The van der Waals surface area contributed by atoms with Crippen molar-refractivity contribution in [1.82, 2.24) is 10.6 Å². The Morgan fingerprint density at radius 3 is 1.89 bits per heavy atom. The zero-order valence-corrected chi connectivity index (χ0v) is 10.6. The molecule has 0 saturated heterocycles. The molecule has 0 aromatic heterocycles. The molecule has 0 rings (SSSR count). The second-order valence-corrected chi connectivity index (χ2v) is 4.41. The zero-order chi connectivity index (χ0) is 15.4. The van der Waals surface area contributed by atoms with Crippen molar-refractivity contribution in [2.24, 2.45) is 5.92 Å². The Morgan fingerprint density at radius 1 is 1.05 bits per heavy atom. The Morgan fingerprint density at radius 2 is 1.53 bits per heavy atom. The first-order chi connectivity index (χ1) is 8.39. The minimum absolute atomic E-state index is 0.0727. The highest BCUT2D eigenvalue weighted by molar-refractivity contribution is 5.90. The highest BCUT2D eigenvalue weighted by Gasteiger charge is 2.63. The molecule has 9 heteroatoms. The van der Waals surface area contributed by atoms with Gasteiger partial charge in [0.15, 0.2) is 0 Å². The van der Waals surface area contributed by atoms with Gasteiger partial charge in [-0.3, -0.25) is 9.59 Å². The van der Waals surface area contributed by atoms with Crippen LogP contribution in [0.2, 0.25) is 0 Å². The number of hydrogen-bond acceptors (Lipinski definition) is 2. The standard InChI is InChI=1S/C10H15F5N2O2/c1-5(2)4-16-7(18)6(3)17-8(19)9(11,12)10(13,14)15/h5-6H,4H2,1-3H3,(H,16,18)(H,17,19). The summed E-state index contributed by atoms with van der Waals surface area (Å²) in [4.78, 5) is 22.1. The average molecular weight is 290 g/mol. The topological polar surface area (TPSA) is 58.2 Å². The molecular formula is C10H15F5N2O2. The van der Waals surface area contributed by atoms with Gasteiger partial charge in [-0.05, 0) is 12.8 Å². The molecule has 0 aromatic rings. The second kappa shape index (κ2) is 6.16. The number of halogens is 5. The van der Waals surface area contributed by atoms with Crippen LogP contribution in [0.3, 0.4) is 0 Å². The van der Waals surface area contributed by atoms with Crippen molar-refractivity contribution in [3.05, 3.63) is 0 Å². The summed E-state index contributed by atoms with van der Waals surface area (Å²) >= 11 is 0. The van der Waals surface area contributed by atoms with Gasteiger partial charge in [-0.1, -0.05) is 13.8 Å². The molecule has 0 aliphatic carbocycles. The first kappa shape index (κ1) is 17.6. The van der Waals surface area contributed by atoms with Gasteiger partial charge in [0.05, 0.1) is 0 Å².